The molecule has 1 saturated heterocycles. The van der Waals surface area contributed by atoms with Gasteiger partial charge in [-0.3, -0.25) is 4.90 Å². The standard InChI is InChI=1S/C13H17N3/c1-15-12-7-3-2-6-11(12)14-13(15)10-16-8-4-5-9-16/h2-3,6-7H,4-5,8-10H2,1H3. The van der Waals surface area contributed by atoms with Gasteiger partial charge in [-0.25, -0.2) is 4.98 Å². The molecular weight excluding hydrogens is 198 g/mol. The number of aryl methyl sites for hydroxylation is 1. The second kappa shape index (κ2) is 3.91. The molecule has 3 nitrogen and oxygen atoms in total. The molecule has 16 heavy (non-hydrogen) atoms. The van der Waals surface area contributed by atoms with Gasteiger partial charge in [0, 0.05) is 7.05 Å². The molecule has 3 heteroatoms. The first-order valence-electron chi connectivity index (χ1n) is 5.97. The lowest BCUT2D eigenvalue weighted by Gasteiger charge is -2.13. The Hall–Kier alpha value is -1.35. The fraction of sp³-hybridized carbons (Fsp3) is 0.462. The Morgan fingerprint density at radius 3 is 2.69 bits per heavy atom. The smallest absolute Gasteiger partial charge is 0.123 e. The Kier molecular flexibility index (Phi) is 2.40. The van der Waals surface area contributed by atoms with Gasteiger partial charge in [0.1, 0.15) is 5.82 Å². The van der Waals surface area contributed by atoms with E-state index in [1.165, 1.54) is 37.3 Å². The van der Waals surface area contributed by atoms with E-state index in [1.54, 1.807) is 0 Å². The van der Waals surface area contributed by atoms with Crippen molar-refractivity contribution in [3.8, 4) is 0 Å². The molecular formula is C13H17N3. The van der Waals surface area contributed by atoms with Crippen molar-refractivity contribution in [2.45, 2.75) is 19.4 Å². The molecule has 84 valence electrons. The van der Waals surface area contributed by atoms with Crippen LogP contribution in [-0.4, -0.2) is 27.5 Å². The molecule has 0 aliphatic carbocycles. The topological polar surface area (TPSA) is 21.1 Å². The van der Waals surface area contributed by atoms with Gasteiger partial charge in [0.25, 0.3) is 0 Å². The van der Waals surface area contributed by atoms with Crippen LogP contribution in [0.15, 0.2) is 24.3 Å². The van der Waals surface area contributed by atoms with Crippen LogP contribution in [0.4, 0.5) is 0 Å². The monoisotopic (exact) mass is 215 g/mol. The Bertz CT molecular complexity index is 495. The summed E-state index contributed by atoms with van der Waals surface area (Å²) in [5.74, 6) is 1.18. The highest BCUT2D eigenvalue weighted by molar-refractivity contribution is 5.75. The summed E-state index contributed by atoms with van der Waals surface area (Å²) in [6.45, 7) is 3.44. The molecule has 2 heterocycles. The molecule has 0 bridgehead atoms. The normalized spacial score (nSPS) is 17.3. The Morgan fingerprint density at radius 2 is 1.94 bits per heavy atom. The third kappa shape index (κ3) is 1.61. The van der Waals surface area contributed by atoms with Crippen LogP contribution in [-0.2, 0) is 13.6 Å². The molecule has 2 aromatic rings. The molecule has 3 rings (SSSR count). The highest BCUT2D eigenvalue weighted by Crippen LogP contribution is 2.17. The zero-order valence-electron chi connectivity index (χ0n) is 9.69. The van der Waals surface area contributed by atoms with Gasteiger partial charge in [0.2, 0.25) is 0 Å². The Labute approximate surface area is 95.7 Å². The summed E-state index contributed by atoms with van der Waals surface area (Å²) in [7, 11) is 2.11. The summed E-state index contributed by atoms with van der Waals surface area (Å²) >= 11 is 0. The third-order valence-electron chi connectivity index (χ3n) is 3.44. The van der Waals surface area contributed by atoms with E-state index in [9.17, 15) is 0 Å². The average molecular weight is 215 g/mol. The second-order valence-corrected chi connectivity index (χ2v) is 4.56. The van der Waals surface area contributed by atoms with Crippen LogP contribution in [0.3, 0.4) is 0 Å². The van der Waals surface area contributed by atoms with E-state index in [2.05, 4.69) is 40.8 Å². The van der Waals surface area contributed by atoms with Crippen LogP contribution in [0.5, 0.6) is 0 Å². The van der Waals surface area contributed by atoms with E-state index in [4.69, 9.17) is 4.98 Å². The van der Waals surface area contributed by atoms with Crippen LogP contribution in [0.2, 0.25) is 0 Å². The molecule has 1 aliphatic rings. The number of hydrogen-bond acceptors (Lipinski definition) is 2. The number of hydrogen-bond donors (Lipinski definition) is 0. The van der Waals surface area contributed by atoms with Crippen molar-refractivity contribution in [3.63, 3.8) is 0 Å². The van der Waals surface area contributed by atoms with Gasteiger partial charge < -0.3 is 4.57 Å². The number of likely N-dealkylation sites (tertiary alicyclic amines) is 1. The molecule has 1 aromatic carbocycles. The van der Waals surface area contributed by atoms with Crippen LogP contribution in [0.25, 0.3) is 11.0 Å². The number of rotatable bonds is 2. The quantitative estimate of drug-likeness (QED) is 0.765. The van der Waals surface area contributed by atoms with Gasteiger partial charge >= 0.3 is 0 Å². The number of nitrogens with zero attached hydrogens (tertiary/aromatic N) is 3. The van der Waals surface area contributed by atoms with E-state index in [0.717, 1.165) is 12.1 Å². The molecule has 0 spiro atoms. The molecule has 1 aliphatic heterocycles. The van der Waals surface area contributed by atoms with Crippen molar-refractivity contribution in [2.24, 2.45) is 7.05 Å². The maximum atomic E-state index is 4.70. The molecule has 1 aromatic heterocycles. The summed E-state index contributed by atoms with van der Waals surface area (Å²) in [4.78, 5) is 7.18. The van der Waals surface area contributed by atoms with Crippen molar-refractivity contribution in [2.75, 3.05) is 13.1 Å². The van der Waals surface area contributed by atoms with Crippen molar-refractivity contribution in [1.29, 1.82) is 0 Å². The van der Waals surface area contributed by atoms with Crippen LogP contribution in [0, 0.1) is 0 Å². The Morgan fingerprint density at radius 1 is 1.19 bits per heavy atom. The average Bonchev–Trinajstić information content (AvgIpc) is 2.90. The van der Waals surface area contributed by atoms with Crippen LogP contribution in [0.1, 0.15) is 18.7 Å². The maximum absolute atomic E-state index is 4.70. The van der Waals surface area contributed by atoms with Crippen LogP contribution < -0.4 is 0 Å². The Balaban J connectivity index is 1.94. The van der Waals surface area contributed by atoms with Gasteiger partial charge in [-0.1, -0.05) is 12.1 Å². The summed E-state index contributed by atoms with van der Waals surface area (Å²) < 4.78 is 2.22. The fourth-order valence-corrected chi connectivity index (χ4v) is 2.48. The first-order chi connectivity index (χ1) is 7.84. The number of aromatic nitrogens is 2. The number of para-hydroxylation sites is 2. The van der Waals surface area contributed by atoms with Gasteiger partial charge in [0.15, 0.2) is 0 Å². The van der Waals surface area contributed by atoms with Crippen molar-refractivity contribution in [3.05, 3.63) is 30.1 Å². The summed E-state index contributed by atoms with van der Waals surface area (Å²) in [6, 6.07) is 8.34. The number of fused-ring (bicyclic) bond motifs is 1. The lowest BCUT2D eigenvalue weighted by Crippen LogP contribution is -2.20. The predicted octanol–water partition coefficient (Wildman–Crippen LogP) is 2.17. The summed E-state index contributed by atoms with van der Waals surface area (Å²) in [5.41, 5.74) is 2.34. The first-order valence-corrected chi connectivity index (χ1v) is 5.97. The molecule has 0 amide bonds. The zero-order valence-corrected chi connectivity index (χ0v) is 9.69. The minimum absolute atomic E-state index is 0.991. The van der Waals surface area contributed by atoms with Gasteiger partial charge in [-0.2, -0.15) is 0 Å². The largest absolute Gasteiger partial charge is 0.330 e. The molecule has 0 atom stereocenters. The summed E-state index contributed by atoms with van der Waals surface area (Å²) in [6.07, 6.45) is 2.67. The highest BCUT2D eigenvalue weighted by Gasteiger charge is 2.15. The molecule has 0 radical (unpaired) electrons. The van der Waals surface area contributed by atoms with Gasteiger partial charge in [-0.15, -0.1) is 0 Å². The van der Waals surface area contributed by atoms with E-state index in [-0.39, 0.29) is 0 Å². The van der Waals surface area contributed by atoms with E-state index in [0.29, 0.717) is 0 Å². The fourth-order valence-electron chi connectivity index (χ4n) is 2.48. The highest BCUT2D eigenvalue weighted by atomic mass is 15.2. The lowest BCUT2D eigenvalue weighted by atomic mass is 10.3. The van der Waals surface area contributed by atoms with Crippen molar-refractivity contribution < 1.29 is 0 Å². The molecule has 0 N–H and O–H groups in total. The van der Waals surface area contributed by atoms with Crippen molar-refractivity contribution >= 4 is 11.0 Å². The van der Waals surface area contributed by atoms with Gasteiger partial charge in [-0.05, 0) is 38.1 Å². The van der Waals surface area contributed by atoms with Gasteiger partial charge in [0.05, 0.1) is 17.6 Å². The molecule has 1 fully saturated rings. The molecule has 0 saturated carbocycles. The predicted molar refractivity (Wildman–Crippen MR) is 65.2 cm³/mol. The minimum Gasteiger partial charge on any atom is -0.330 e. The first kappa shape index (κ1) is 9.85. The maximum Gasteiger partial charge on any atom is 0.123 e. The van der Waals surface area contributed by atoms with Crippen molar-refractivity contribution in [1.82, 2.24) is 14.5 Å². The van der Waals surface area contributed by atoms with E-state index < -0.39 is 0 Å². The van der Waals surface area contributed by atoms with E-state index >= 15 is 0 Å². The minimum atomic E-state index is 0.991. The zero-order chi connectivity index (χ0) is 11.0. The second-order valence-electron chi connectivity index (χ2n) is 4.56. The van der Waals surface area contributed by atoms with Crippen LogP contribution >= 0.6 is 0 Å². The summed E-state index contributed by atoms with van der Waals surface area (Å²) in [5, 5.41) is 0. The lowest BCUT2D eigenvalue weighted by molar-refractivity contribution is 0.319. The number of imidazole rings is 1. The van der Waals surface area contributed by atoms with E-state index in [1.807, 2.05) is 0 Å². The molecule has 0 unspecified atom stereocenters. The SMILES string of the molecule is Cn1c(CN2CCCC2)nc2ccccc21. The number of benzene rings is 1. The third-order valence-corrected chi connectivity index (χ3v) is 3.44.